The maximum absolute atomic E-state index is 10.3. The molecule has 0 aromatic carbocycles. The van der Waals surface area contributed by atoms with Gasteiger partial charge < -0.3 is 5.11 Å². The first-order chi connectivity index (χ1) is 5.59. The molecule has 70 valence electrons. The first kappa shape index (κ1) is 9.52. The van der Waals surface area contributed by atoms with Crippen LogP contribution in [0.3, 0.4) is 0 Å². The fourth-order valence-corrected chi connectivity index (χ4v) is 1.94. The first-order valence-electron chi connectivity index (χ1n) is 4.55. The minimum Gasteiger partial charge on any atom is -0.481 e. The molecule has 0 aliphatic carbocycles. The molecule has 1 N–H and O–H groups in total. The molecule has 0 radical (unpaired) electrons. The minimum atomic E-state index is -0.693. The summed E-state index contributed by atoms with van der Waals surface area (Å²) in [4.78, 5) is 12.6. The van der Waals surface area contributed by atoms with Crippen LogP contribution in [0.4, 0.5) is 0 Å². The highest BCUT2D eigenvalue weighted by atomic mass is 16.4. The predicted octanol–water partition coefficient (Wildman–Crippen LogP) is 1.19. The van der Waals surface area contributed by atoms with Gasteiger partial charge in [0.15, 0.2) is 0 Å². The van der Waals surface area contributed by atoms with E-state index in [0.29, 0.717) is 12.6 Å². The predicted molar refractivity (Wildman–Crippen MR) is 47.1 cm³/mol. The summed E-state index contributed by atoms with van der Waals surface area (Å²) in [6.45, 7) is 6.16. The molecule has 1 aliphatic rings. The molecule has 2 atom stereocenters. The van der Waals surface area contributed by atoms with Crippen LogP contribution < -0.4 is 0 Å². The van der Waals surface area contributed by atoms with Gasteiger partial charge in [-0.25, -0.2) is 0 Å². The summed E-state index contributed by atoms with van der Waals surface area (Å²) in [6, 6.07) is 0.569. The molecule has 0 spiro atoms. The number of likely N-dealkylation sites (tertiary alicyclic amines) is 1. The molecular formula is C9H17NO2. The molecule has 12 heavy (non-hydrogen) atoms. The summed E-state index contributed by atoms with van der Waals surface area (Å²) in [7, 11) is 0. The van der Waals surface area contributed by atoms with E-state index >= 15 is 0 Å². The summed E-state index contributed by atoms with van der Waals surface area (Å²) in [5.74, 6) is 0.0375. The van der Waals surface area contributed by atoms with Crippen molar-refractivity contribution in [1.82, 2.24) is 4.90 Å². The van der Waals surface area contributed by atoms with Crippen LogP contribution in [0, 0.1) is 5.92 Å². The Bertz CT molecular complexity index is 170. The standard InChI is InChI=1S/C9H17NO2/c1-7-5-8(2)10(6-7)4-3-9(11)12/h7-8H,3-6H2,1-2H3,(H,11,12). The van der Waals surface area contributed by atoms with Gasteiger partial charge in [0.2, 0.25) is 0 Å². The fraction of sp³-hybridized carbons (Fsp3) is 0.889. The number of aliphatic carboxylic acids is 1. The maximum atomic E-state index is 10.3. The number of carboxylic acids is 1. The number of hydrogen-bond donors (Lipinski definition) is 1. The molecule has 1 rings (SSSR count). The zero-order valence-electron chi connectivity index (χ0n) is 7.79. The largest absolute Gasteiger partial charge is 0.481 e. The lowest BCUT2D eigenvalue weighted by molar-refractivity contribution is -0.137. The van der Waals surface area contributed by atoms with Gasteiger partial charge in [-0.2, -0.15) is 0 Å². The van der Waals surface area contributed by atoms with Crippen molar-refractivity contribution in [2.45, 2.75) is 32.7 Å². The van der Waals surface area contributed by atoms with Crippen molar-refractivity contribution in [2.75, 3.05) is 13.1 Å². The normalized spacial score (nSPS) is 30.8. The van der Waals surface area contributed by atoms with Gasteiger partial charge in [-0.05, 0) is 19.3 Å². The van der Waals surface area contributed by atoms with Crippen LogP contribution in [0.25, 0.3) is 0 Å². The number of hydrogen-bond acceptors (Lipinski definition) is 2. The second-order valence-electron chi connectivity index (χ2n) is 3.83. The van der Waals surface area contributed by atoms with Crippen LogP contribution >= 0.6 is 0 Å². The lowest BCUT2D eigenvalue weighted by atomic mass is 10.1. The molecule has 3 nitrogen and oxygen atoms in total. The van der Waals surface area contributed by atoms with Crippen molar-refractivity contribution in [2.24, 2.45) is 5.92 Å². The Morgan fingerprint density at radius 1 is 1.58 bits per heavy atom. The Balaban J connectivity index is 2.28. The Labute approximate surface area is 73.4 Å². The van der Waals surface area contributed by atoms with E-state index in [1.165, 1.54) is 6.42 Å². The van der Waals surface area contributed by atoms with Gasteiger partial charge in [0.25, 0.3) is 0 Å². The van der Waals surface area contributed by atoms with E-state index in [0.717, 1.165) is 12.5 Å². The maximum Gasteiger partial charge on any atom is 0.304 e. The van der Waals surface area contributed by atoms with E-state index in [4.69, 9.17) is 5.11 Å². The van der Waals surface area contributed by atoms with E-state index < -0.39 is 5.97 Å². The van der Waals surface area contributed by atoms with Crippen LogP contribution in [0.2, 0.25) is 0 Å². The molecule has 0 aromatic heterocycles. The molecule has 1 fully saturated rings. The molecule has 1 heterocycles. The van der Waals surface area contributed by atoms with Crippen molar-refractivity contribution in [3.63, 3.8) is 0 Å². The molecule has 2 unspecified atom stereocenters. The third kappa shape index (κ3) is 2.48. The van der Waals surface area contributed by atoms with Crippen LogP contribution in [0.5, 0.6) is 0 Å². The molecule has 0 amide bonds. The van der Waals surface area contributed by atoms with E-state index in [1.54, 1.807) is 0 Å². The highest BCUT2D eigenvalue weighted by molar-refractivity contribution is 5.66. The molecule has 1 saturated heterocycles. The van der Waals surface area contributed by atoms with Crippen molar-refractivity contribution in [3.05, 3.63) is 0 Å². The monoisotopic (exact) mass is 171 g/mol. The third-order valence-corrected chi connectivity index (χ3v) is 2.53. The zero-order chi connectivity index (χ0) is 9.14. The van der Waals surface area contributed by atoms with E-state index in [1.807, 2.05) is 0 Å². The van der Waals surface area contributed by atoms with E-state index in [2.05, 4.69) is 18.7 Å². The second kappa shape index (κ2) is 3.90. The lowest BCUT2D eigenvalue weighted by Crippen LogP contribution is -2.29. The lowest BCUT2D eigenvalue weighted by Gasteiger charge is -2.19. The van der Waals surface area contributed by atoms with Crippen molar-refractivity contribution in [3.8, 4) is 0 Å². The van der Waals surface area contributed by atoms with Crippen molar-refractivity contribution >= 4 is 5.97 Å². The molecule has 3 heteroatoms. The van der Waals surface area contributed by atoms with Gasteiger partial charge in [0.05, 0.1) is 6.42 Å². The number of carboxylic acid groups (broad SMARTS) is 1. The second-order valence-corrected chi connectivity index (χ2v) is 3.83. The summed E-state index contributed by atoms with van der Waals surface area (Å²) in [5, 5.41) is 8.50. The highest BCUT2D eigenvalue weighted by Crippen LogP contribution is 2.21. The van der Waals surface area contributed by atoms with Gasteiger partial charge in [0.1, 0.15) is 0 Å². The first-order valence-corrected chi connectivity index (χ1v) is 4.55. The van der Waals surface area contributed by atoms with Crippen molar-refractivity contribution < 1.29 is 9.90 Å². The average molecular weight is 171 g/mol. The van der Waals surface area contributed by atoms with E-state index in [-0.39, 0.29) is 6.42 Å². The quantitative estimate of drug-likeness (QED) is 0.693. The average Bonchev–Trinajstić information content (AvgIpc) is 2.26. The highest BCUT2D eigenvalue weighted by Gasteiger charge is 2.25. The summed E-state index contributed by atoms with van der Waals surface area (Å²) >= 11 is 0. The molecule has 0 bridgehead atoms. The Hall–Kier alpha value is -0.570. The van der Waals surface area contributed by atoms with Crippen LogP contribution in [0.1, 0.15) is 26.7 Å². The van der Waals surface area contributed by atoms with Crippen LogP contribution in [0.15, 0.2) is 0 Å². The van der Waals surface area contributed by atoms with E-state index in [9.17, 15) is 4.79 Å². The molecule has 1 aliphatic heterocycles. The van der Waals surface area contributed by atoms with Gasteiger partial charge >= 0.3 is 5.97 Å². The fourth-order valence-electron chi connectivity index (χ4n) is 1.94. The van der Waals surface area contributed by atoms with Gasteiger partial charge in [0, 0.05) is 19.1 Å². The number of carbonyl (C=O) groups is 1. The Morgan fingerprint density at radius 3 is 2.67 bits per heavy atom. The van der Waals surface area contributed by atoms with Gasteiger partial charge in [-0.3, -0.25) is 9.69 Å². The molecule has 0 saturated carbocycles. The van der Waals surface area contributed by atoms with Crippen molar-refractivity contribution in [1.29, 1.82) is 0 Å². The van der Waals surface area contributed by atoms with Crippen LogP contribution in [-0.2, 0) is 4.79 Å². The summed E-state index contributed by atoms with van der Waals surface area (Å²) < 4.78 is 0. The molecule has 0 aromatic rings. The SMILES string of the molecule is CC1CC(C)N(CCC(=O)O)C1. The number of rotatable bonds is 3. The third-order valence-electron chi connectivity index (χ3n) is 2.53. The smallest absolute Gasteiger partial charge is 0.304 e. The summed E-state index contributed by atoms with van der Waals surface area (Å²) in [6.07, 6.45) is 1.48. The topological polar surface area (TPSA) is 40.5 Å². The van der Waals surface area contributed by atoms with Crippen LogP contribution in [-0.4, -0.2) is 35.1 Å². The summed E-state index contributed by atoms with van der Waals surface area (Å²) in [5.41, 5.74) is 0. The Morgan fingerprint density at radius 2 is 2.25 bits per heavy atom. The zero-order valence-corrected chi connectivity index (χ0v) is 7.79. The molecular weight excluding hydrogens is 154 g/mol. The Kier molecular flexibility index (Phi) is 3.09. The van der Waals surface area contributed by atoms with Gasteiger partial charge in [-0.15, -0.1) is 0 Å². The minimum absolute atomic E-state index is 0.275. The number of nitrogens with zero attached hydrogens (tertiary/aromatic N) is 1. The van der Waals surface area contributed by atoms with Gasteiger partial charge in [-0.1, -0.05) is 6.92 Å².